The third-order valence-corrected chi connectivity index (χ3v) is 4.63. The minimum absolute atomic E-state index is 0.0629. The van der Waals surface area contributed by atoms with E-state index in [1.165, 1.54) is 0 Å². The van der Waals surface area contributed by atoms with Gasteiger partial charge in [0.1, 0.15) is 11.9 Å². The number of nitrogens with zero attached hydrogens (tertiary/aromatic N) is 4. The summed E-state index contributed by atoms with van der Waals surface area (Å²) >= 11 is 0. The number of rotatable bonds is 3. The fourth-order valence-electron chi connectivity index (χ4n) is 3.37. The quantitative estimate of drug-likeness (QED) is 0.837. The third kappa shape index (κ3) is 2.61. The van der Waals surface area contributed by atoms with Gasteiger partial charge in [0.05, 0.1) is 5.92 Å². The molecule has 2 unspecified atom stereocenters. The van der Waals surface area contributed by atoms with Crippen LogP contribution in [-0.4, -0.2) is 63.9 Å². The van der Waals surface area contributed by atoms with E-state index >= 15 is 0 Å². The molecule has 2 saturated heterocycles. The highest BCUT2D eigenvalue weighted by Crippen LogP contribution is 2.26. The molecule has 1 aromatic rings. The Balaban J connectivity index is 1.78. The normalized spacial score (nSPS) is 25.8. The van der Waals surface area contributed by atoms with Crippen LogP contribution in [0.2, 0.25) is 0 Å². The second kappa shape index (κ2) is 6.08. The van der Waals surface area contributed by atoms with Crippen molar-refractivity contribution in [1.29, 1.82) is 0 Å². The Morgan fingerprint density at radius 2 is 2.32 bits per heavy atom. The lowest BCUT2D eigenvalue weighted by Gasteiger charge is -2.37. The zero-order valence-corrected chi connectivity index (χ0v) is 13.2. The molecule has 2 amide bonds. The standard InChI is InChI=1S/C15H23N5O2/c1-3-19-10-11(8-13(19)21)15(22)20-7-4-16-9-12(20)14-17-5-6-18(14)2/h5-6,11-12,16H,3-4,7-10H2,1-2H3. The summed E-state index contributed by atoms with van der Waals surface area (Å²) in [7, 11) is 1.94. The molecule has 2 aliphatic rings. The number of piperazine rings is 1. The molecule has 3 heterocycles. The highest BCUT2D eigenvalue weighted by atomic mass is 16.2. The third-order valence-electron chi connectivity index (χ3n) is 4.63. The van der Waals surface area contributed by atoms with Crippen LogP contribution in [0.1, 0.15) is 25.2 Å². The fourth-order valence-corrected chi connectivity index (χ4v) is 3.37. The minimum Gasteiger partial charge on any atom is -0.342 e. The monoisotopic (exact) mass is 305 g/mol. The Morgan fingerprint density at radius 3 is 2.95 bits per heavy atom. The van der Waals surface area contributed by atoms with Gasteiger partial charge in [-0.1, -0.05) is 0 Å². The van der Waals surface area contributed by atoms with Crippen LogP contribution in [-0.2, 0) is 16.6 Å². The Bertz CT molecular complexity index is 570. The largest absolute Gasteiger partial charge is 0.342 e. The first-order valence-corrected chi connectivity index (χ1v) is 7.88. The number of carbonyl (C=O) groups excluding carboxylic acids is 2. The van der Waals surface area contributed by atoms with Gasteiger partial charge < -0.3 is 19.7 Å². The summed E-state index contributed by atoms with van der Waals surface area (Å²) < 4.78 is 1.95. The van der Waals surface area contributed by atoms with Gasteiger partial charge in [-0.3, -0.25) is 9.59 Å². The number of hydrogen-bond acceptors (Lipinski definition) is 4. The van der Waals surface area contributed by atoms with Crippen LogP contribution in [0.4, 0.5) is 0 Å². The average Bonchev–Trinajstić information content (AvgIpc) is 3.12. The molecule has 0 aromatic carbocycles. The van der Waals surface area contributed by atoms with Crippen molar-refractivity contribution in [2.45, 2.75) is 19.4 Å². The van der Waals surface area contributed by atoms with Gasteiger partial charge in [0.25, 0.3) is 0 Å². The fraction of sp³-hybridized carbons (Fsp3) is 0.667. The molecular formula is C15H23N5O2. The van der Waals surface area contributed by atoms with E-state index in [0.717, 1.165) is 12.4 Å². The lowest BCUT2D eigenvalue weighted by atomic mass is 10.0. The summed E-state index contributed by atoms with van der Waals surface area (Å²) in [5, 5.41) is 3.33. The first-order valence-electron chi connectivity index (χ1n) is 7.88. The van der Waals surface area contributed by atoms with Crippen molar-refractivity contribution < 1.29 is 9.59 Å². The molecule has 3 rings (SSSR count). The maximum absolute atomic E-state index is 12.9. The van der Waals surface area contributed by atoms with Crippen molar-refractivity contribution in [3.05, 3.63) is 18.2 Å². The molecule has 2 aliphatic heterocycles. The van der Waals surface area contributed by atoms with Crippen LogP contribution in [0, 0.1) is 5.92 Å². The number of hydrogen-bond donors (Lipinski definition) is 1. The SMILES string of the molecule is CCN1CC(C(=O)N2CCNCC2c2nccn2C)CC1=O. The van der Waals surface area contributed by atoms with E-state index in [-0.39, 0.29) is 23.8 Å². The average molecular weight is 305 g/mol. The van der Waals surface area contributed by atoms with Crippen LogP contribution < -0.4 is 5.32 Å². The second-order valence-corrected chi connectivity index (χ2v) is 5.98. The van der Waals surface area contributed by atoms with Gasteiger partial charge in [-0.05, 0) is 6.92 Å². The summed E-state index contributed by atoms with van der Waals surface area (Å²) in [6, 6.07) is -0.0629. The first-order chi connectivity index (χ1) is 10.6. The molecule has 22 heavy (non-hydrogen) atoms. The van der Waals surface area contributed by atoms with Crippen molar-refractivity contribution in [3.8, 4) is 0 Å². The lowest BCUT2D eigenvalue weighted by molar-refractivity contribution is -0.139. The highest BCUT2D eigenvalue weighted by molar-refractivity contribution is 5.89. The second-order valence-electron chi connectivity index (χ2n) is 5.98. The van der Waals surface area contributed by atoms with Crippen molar-refractivity contribution in [2.75, 3.05) is 32.7 Å². The molecule has 1 aromatic heterocycles. The summed E-state index contributed by atoms with van der Waals surface area (Å²) in [5.74, 6) is 0.842. The summed E-state index contributed by atoms with van der Waals surface area (Å²) in [5.41, 5.74) is 0. The molecule has 1 N–H and O–H groups in total. The lowest BCUT2D eigenvalue weighted by Crippen LogP contribution is -2.51. The number of aromatic nitrogens is 2. The van der Waals surface area contributed by atoms with Gasteiger partial charge in [-0.15, -0.1) is 0 Å². The van der Waals surface area contributed by atoms with Crippen molar-refractivity contribution in [3.63, 3.8) is 0 Å². The van der Waals surface area contributed by atoms with E-state index in [1.54, 1.807) is 11.1 Å². The van der Waals surface area contributed by atoms with Gasteiger partial charge in [-0.2, -0.15) is 0 Å². The maximum Gasteiger partial charge on any atom is 0.228 e. The minimum atomic E-state index is -0.215. The van der Waals surface area contributed by atoms with Gasteiger partial charge in [0.2, 0.25) is 11.8 Å². The van der Waals surface area contributed by atoms with Crippen LogP contribution in [0.25, 0.3) is 0 Å². The van der Waals surface area contributed by atoms with Crippen LogP contribution in [0.5, 0.6) is 0 Å². The van der Waals surface area contributed by atoms with Crippen molar-refractivity contribution in [1.82, 2.24) is 24.7 Å². The molecule has 7 heteroatoms. The van der Waals surface area contributed by atoms with Crippen LogP contribution >= 0.6 is 0 Å². The van der Waals surface area contributed by atoms with Crippen molar-refractivity contribution >= 4 is 11.8 Å². The Hall–Kier alpha value is -1.89. The topological polar surface area (TPSA) is 70.5 Å². The number of carbonyl (C=O) groups is 2. The Kier molecular flexibility index (Phi) is 4.15. The first kappa shape index (κ1) is 15.0. The molecule has 0 radical (unpaired) electrons. The van der Waals surface area contributed by atoms with E-state index in [1.807, 2.05) is 29.6 Å². The summed E-state index contributed by atoms with van der Waals surface area (Å²) in [6.45, 7) is 5.32. The van der Waals surface area contributed by atoms with Crippen molar-refractivity contribution in [2.24, 2.45) is 13.0 Å². The van der Waals surface area contributed by atoms with Gasteiger partial charge in [-0.25, -0.2) is 4.98 Å². The number of nitrogens with one attached hydrogen (secondary N) is 1. The predicted octanol–water partition coefficient (Wildman–Crippen LogP) is -0.239. The molecule has 2 atom stereocenters. The molecule has 0 bridgehead atoms. The van der Waals surface area contributed by atoms with E-state index in [0.29, 0.717) is 32.6 Å². The highest BCUT2D eigenvalue weighted by Gasteiger charge is 2.39. The summed E-state index contributed by atoms with van der Waals surface area (Å²) in [4.78, 5) is 32.9. The smallest absolute Gasteiger partial charge is 0.228 e. The molecule has 2 fully saturated rings. The number of imidazole rings is 1. The van der Waals surface area contributed by atoms with E-state index < -0.39 is 0 Å². The van der Waals surface area contributed by atoms with E-state index in [4.69, 9.17) is 0 Å². The van der Waals surface area contributed by atoms with Gasteiger partial charge in [0, 0.05) is 58.6 Å². The molecular weight excluding hydrogens is 282 g/mol. The van der Waals surface area contributed by atoms with E-state index in [9.17, 15) is 9.59 Å². The maximum atomic E-state index is 12.9. The molecule has 0 saturated carbocycles. The molecule has 0 spiro atoms. The van der Waals surface area contributed by atoms with Crippen LogP contribution in [0.15, 0.2) is 12.4 Å². The number of amides is 2. The Labute approximate surface area is 130 Å². The van der Waals surface area contributed by atoms with E-state index in [2.05, 4.69) is 10.3 Å². The predicted molar refractivity (Wildman–Crippen MR) is 80.9 cm³/mol. The van der Waals surface area contributed by atoms with Gasteiger partial charge >= 0.3 is 0 Å². The number of likely N-dealkylation sites (tertiary alicyclic amines) is 1. The number of aryl methyl sites for hydroxylation is 1. The van der Waals surface area contributed by atoms with Crippen LogP contribution in [0.3, 0.4) is 0 Å². The zero-order chi connectivity index (χ0) is 15.7. The molecule has 7 nitrogen and oxygen atoms in total. The Morgan fingerprint density at radius 1 is 1.50 bits per heavy atom. The zero-order valence-electron chi connectivity index (χ0n) is 13.2. The summed E-state index contributed by atoms with van der Waals surface area (Å²) in [6.07, 6.45) is 3.99. The van der Waals surface area contributed by atoms with Gasteiger partial charge in [0.15, 0.2) is 0 Å². The molecule has 0 aliphatic carbocycles. The molecule has 120 valence electrons.